The molecule has 1 aromatic heterocycles. The van der Waals surface area contributed by atoms with Crippen LogP contribution in [0.25, 0.3) is 0 Å². The summed E-state index contributed by atoms with van der Waals surface area (Å²) in [6.45, 7) is 0. The molecule has 2 aromatic rings. The molecule has 19 heavy (non-hydrogen) atoms. The van der Waals surface area contributed by atoms with Gasteiger partial charge in [-0.15, -0.1) is 0 Å². The van der Waals surface area contributed by atoms with E-state index in [0.29, 0.717) is 10.7 Å². The van der Waals surface area contributed by atoms with Gasteiger partial charge < -0.3 is 5.32 Å². The van der Waals surface area contributed by atoms with Gasteiger partial charge in [0, 0.05) is 16.8 Å². The highest BCUT2D eigenvalue weighted by atomic mass is 35.5. The molecule has 2 rings (SSSR count). The second kappa shape index (κ2) is 5.22. The first-order valence-electron chi connectivity index (χ1n) is 4.99. The average Bonchev–Trinajstić information content (AvgIpc) is 2.26. The summed E-state index contributed by atoms with van der Waals surface area (Å²) in [5.74, 6) is -0.0606. The monoisotopic (exact) mass is 307 g/mol. The smallest absolute Gasteiger partial charge is 0.340 e. The van der Waals surface area contributed by atoms with Gasteiger partial charge in [-0.05, 0) is 29.8 Å². The summed E-state index contributed by atoms with van der Waals surface area (Å²) in [6, 6.07) is 7.24. The summed E-state index contributed by atoms with van der Waals surface area (Å²) in [5, 5.41) is 2.64. The van der Waals surface area contributed by atoms with Crippen molar-refractivity contribution < 1.29 is 13.2 Å². The van der Waals surface area contributed by atoms with Crippen molar-refractivity contribution in [3.05, 3.63) is 46.3 Å². The number of anilines is 2. The number of nitrogens with one attached hydrogen (secondary N) is 1. The van der Waals surface area contributed by atoms with Crippen molar-refractivity contribution in [2.45, 2.75) is 6.18 Å². The van der Waals surface area contributed by atoms with Crippen molar-refractivity contribution in [3.8, 4) is 0 Å². The molecule has 1 aromatic carbocycles. The molecule has 0 bridgehead atoms. The number of alkyl halides is 3. The minimum atomic E-state index is -4.59. The van der Waals surface area contributed by atoms with Gasteiger partial charge in [0.25, 0.3) is 0 Å². The van der Waals surface area contributed by atoms with E-state index in [2.05, 4.69) is 15.3 Å². The Morgan fingerprint density at radius 1 is 1.05 bits per heavy atom. The molecule has 3 nitrogen and oxygen atoms in total. The van der Waals surface area contributed by atoms with Gasteiger partial charge in [-0.1, -0.05) is 17.7 Å². The van der Waals surface area contributed by atoms with Gasteiger partial charge in [-0.3, -0.25) is 0 Å². The lowest BCUT2D eigenvalue weighted by molar-refractivity contribution is -0.141. The van der Waals surface area contributed by atoms with E-state index in [1.54, 1.807) is 24.3 Å². The molecule has 0 aliphatic heterocycles. The van der Waals surface area contributed by atoms with E-state index >= 15 is 0 Å². The van der Waals surface area contributed by atoms with Crippen LogP contribution in [0.4, 0.5) is 24.7 Å². The number of hydrogen-bond acceptors (Lipinski definition) is 3. The van der Waals surface area contributed by atoms with Crippen LogP contribution in [0.2, 0.25) is 10.3 Å². The summed E-state index contributed by atoms with van der Waals surface area (Å²) < 4.78 is 37.7. The lowest BCUT2D eigenvalue weighted by Crippen LogP contribution is -2.10. The number of nitrogens with zero attached hydrogens (tertiary/aromatic N) is 2. The zero-order valence-electron chi connectivity index (χ0n) is 9.17. The van der Waals surface area contributed by atoms with Crippen molar-refractivity contribution in [1.82, 2.24) is 9.97 Å². The standard InChI is InChI=1S/C11H6Cl2F3N3/c12-6-2-1-3-7(4-6)17-9-5-8(11(14,15)16)18-10(13)19-9/h1-5H,(H,17,18,19). The third kappa shape index (κ3) is 3.71. The number of rotatable bonds is 2. The molecule has 8 heteroatoms. The molecule has 0 saturated carbocycles. The number of benzene rings is 1. The second-order valence-electron chi connectivity index (χ2n) is 3.54. The van der Waals surface area contributed by atoms with Crippen LogP contribution < -0.4 is 5.32 Å². The maximum atomic E-state index is 12.6. The van der Waals surface area contributed by atoms with Gasteiger partial charge in [0.15, 0.2) is 5.69 Å². The summed E-state index contributed by atoms with van der Waals surface area (Å²) in [6.07, 6.45) is -4.59. The van der Waals surface area contributed by atoms with Crippen molar-refractivity contribution in [2.24, 2.45) is 0 Å². The molecule has 0 fully saturated rings. The summed E-state index contributed by atoms with van der Waals surface area (Å²) >= 11 is 11.2. The lowest BCUT2D eigenvalue weighted by Gasteiger charge is -2.10. The Kier molecular flexibility index (Phi) is 3.82. The Morgan fingerprint density at radius 3 is 2.42 bits per heavy atom. The Hall–Kier alpha value is -1.53. The normalized spacial score (nSPS) is 11.4. The molecule has 0 spiro atoms. The largest absolute Gasteiger partial charge is 0.433 e. The summed E-state index contributed by atoms with van der Waals surface area (Å²) in [4.78, 5) is 6.80. The molecule has 0 unspecified atom stereocenters. The van der Waals surface area contributed by atoms with Crippen molar-refractivity contribution in [2.75, 3.05) is 5.32 Å². The molecular weight excluding hydrogens is 302 g/mol. The van der Waals surface area contributed by atoms with Crippen LogP contribution in [0, 0.1) is 0 Å². The Balaban J connectivity index is 2.33. The quantitative estimate of drug-likeness (QED) is 0.827. The highest BCUT2D eigenvalue weighted by molar-refractivity contribution is 6.30. The fourth-order valence-corrected chi connectivity index (χ4v) is 1.71. The van der Waals surface area contributed by atoms with Gasteiger partial charge in [0.1, 0.15) is 5.82 Å². The van der Waals surface area contributed by atoms with Gasteiger partial charge in [-0.25, -0.2) is 9.97 Å². The first-order chi connectivity index (χ1) is 8.84. The van der Waals surface area contributed by atoms with E-state index in [-0.39, 0.29) is 5.82 Å². The fourth-order valence-electron chi connectivity index (χ4n) is 1.34. The van der Waals surface area contributed by atoms with E-state index in [1.165, 1.54) is 0 Å². The van der Waals surface area contributed by atoms with Crippen molar-refractivity contribution in [3.63, 3.8) is 0 Å². The first-order valence-corrected chi connectivity index (χ1v) is 5.74. The van der Waals surface area contributed by atoms with Crippen molar-refractivity contribution >= 4 is 34.7 Å². The zero-order chi connectivity index (χ0) is 14.0. The maximum Gasteiger partial charge on any atom is 0.433 e. The van der Waals surface area contributed by atoms with Gasteiger partial charge in [-0.2, -0.15) is 13.2 Å². The predicted molar refractivity (Wildman–Crippen MR) is 66.8 cm³/mol. The molecule has 0 radical (unpaired) electrons. The third-order valence-electron chi connectivity index (χ3n) is 2.09. The second-order valence-corrected chi connectivity index (χ2v) is 4.32. The minimum absolute atomic E-state index is 0.0606. The highest BCUT2D eigenvalue weighted by Gasteiger charge is 2.33. The fraction of sp³-hybridized carbons (Fsp3) is 0.0909. The minimum Gasteiger partial charge on any atom is -0.340 e. The van der Waals surface area contributed by atoms with Gasteiger partial charge >= 0.3 is 6.18 Å². The number of halogens is 5. The Labute approximate surface area is 116 Å². The molecule has 0 atom stereocenters. The topological polar surface area (TPSA) is 37.8 Å². The third-order valence-corrected chi connectivity index (χ3v) is 2.49. The summed E-state index contributed by atoms with van der Waals surface area (Å²) in [5.41, 5.74) is -0.618. The predicted octanol–water partition coefficient (Wildman–Crippen LogP) is 4.55. The highest BCUT2D eigenvalue weighted by Crippen LogP contribution is 2.30. The maximum absolute atomic E-state index is 12.6. The Bertz CT molecular complexity index is 602. The van der Waals surface area contributed by atoms with Crippen molar-refractivity contribution in [1.29, 1.82) is 0 Å². The van der Waals surface area contributed by atoms with Gasteiger partial charge in [0.05, 0.1) is 0 Å². The lowest BCUT2D eigenvalue weighted by atomic mass is 10.3. The van der Waals surface area contributed by atoms with E-state index in [0.717, 1.165) is 6.07 Å². The molecule has 0 amide bonds. The van der Waals surface area contributed by atoms with E-state index in [4.69, 9.17) is 23.2 Å². The molecule has 1 N–H and O–H groups in total. The van der Waals surface area contributed by atoms with E-state index < -0.39 is 17.2 Å². The molecular formula is C11H6Cl2F3N3. The molecule has 0 saturated heterocycles. The van der Waals surface area contributed by atoms with Crippen LogP contribution in [0.5, 0.6) is 0 Å². The average molecular weight is 308 g/mol. The molecule has 0 aliphatic rings. The van der Waals surface area contributed by atoms with Crippen LogP contribution in [-0.4, -0.2) is 9.97 Å². The molecule has 100 valence electrons. The van der Waals surface area contributed by atoms with Crippen LogP contribution in [0.1, 0.15) is 5.69 Å². The van der Waals surface area contributed by atoms with E-state index in [9.17, 15) is 13.2 Å². The Morgan fingerprint density at radius 2 is 1.79 bits per heavy atom. The zero-order valence-corrected chi connectivity index (χ0v) is 10.7. The van der Waals surface area contributed by atoms with E-state index in [1.807, 2.05) is 0 Å². The van der Waals surface area contributed by atoms with Crippen LogP contribution >= 0.6 is 23.2 Å². The first kappa shape index (κ1) is 13.9. The summed E-state index contributed by atoms with van der Waals surface area (Å²) in [7, 11) is 0. The van der Waals surface area contributed by atoms with Crippen LogP contribution in [0.3, 0.4) is 0 Å². The molecule has 1 heterocycles. The molecule has 0 aliphatic carbocycles. The van der Waals surface area contributed by atoms with Crippen LogP contribution in [0.15, 0.2) is 30.3 Å². The SMILES string of the molecule is FC(F)(F)c1cc(Nc2cccc(Cl)c2)nc(Cl)n1. The number of aromatic nitrogens is 2. The number of hydrogen-bond donors (Lipinski definition) is 1. The van der Waals surface area contributed by atoms with Gasteiger partial charge in [0.2, 0.25) is 5.28 Å². The van der Waals surface area contributed by atoms with Crippen LogP contribution in [-0.2, 0) is 6.18 Å².